The fraction of sp³-hybridized carbons (Fsp3) is 1.00. The summed E-state index contributed by atoms with van der Waals surface area (Å²) in [5.41, 5.74) is -0.774. The molecule has 0 atom stereocenters. The van der Waals surface area contributed by atoms with Crippen molar-refractivity contribution in [3.63, 3.8) is 0 Å². The van der Waals surface area contributed by atoms with Crippen LogP contribution in [-0.2, 0) is 9.94 Å². The van der Waals surface area contributed by atoms with Gasteiger partial charge in [0.2, 0.25) is 0 Å². The van der Waals surface area contributed by atoms with E-state index in [-0.39, 0.29) is 23.8 Å². The van der Waals surface area contributed by atoms with Crippen molar-refractivity contribution in [2.75, 3.05) is 13.2 Å². The first-order chi connectivity index (χ1) is 6.79. The number of aliphatic hydroxyl groups excluding tert-OH is 1. The Morgan fingerprint density at radius 2 is 1.73 bits per heavy atom. The summed E-state index contributed by atoms with van der Waals surface area (Å²) in [5.74, 6) is 0. The third-order valence-electron chi connectivity index (χ3n) is 3.00. The van der Waals surface area contributed by atoms with Crippen molar-refractivity contribution in [3.8, 4) is 0 Å². The average Bonchev–Trinajstić information content (AvgIpc) is 2.10. The van der Waals surface area contributed by atoms with Crippen LogP contribution in [0.4, 0.5) is 0 Å². The van der Waals surface area contributed by atoms with Gasteiger partial charge >= 0.3 is 0 Å². The van der Waals surface area contributed by atoms with Gasteiger partial charge in [-0.3, -0.25) is 0 Å². The Kier molecular flexibility index (Phi) is 3.76. The summed E-state index contributed by atoms with van der Waals surface area (Å²) in [6.07, 6.45) is 1.52. The number of nitrogens with zero attached hydrogens (tertiary/aromatic N) is 1. The van der Waals surface area contributed by atoms with E-state index in [9.17, 15) is 5.21 Å². The summed E-state index contributed by atoms with van der Waals surface area (Å²) in [4.78, 5) is 0. The van der Waals surface area contributed by atoms with Crippen molar-refractivity contribution in [2.45, 2.75) is 57.7 Å². The Morgan fingerprint density at radius 3 is 2.13 bits per heavy atom. The van der Waals surface area contributed by atoms with Gasteiger partial charge in [0.15, 0.2) is 0 Å². The molecule has 89 valence electrons. The van der Waals surface area contributed by atoms with Crippen LogP contribution in [0.5, 0.6) is 0 Å². The van der Waals surface area contributed by atoms with E-state index in [1.165, 1.54) is 5.06 Å². The number of piperidine rings is 1. The lowest BCUT2D eigenvalue weighted by atomic mass is 9.80. The number of aliphatic hydroxyl groups is 1. The molecule has 1 aliphatic heterocycles. The smallest absolute Gasteiger partial charge is 0.0701 e. The molecular formula is C11H22NO3. The standard InChI is InChI=1S/C11H22NO3/c1-10(2)7-9(15-6-5-13)8-11(3,4)12(10)14/h9,13H,5-8H2,1-4H3. The van der Waals surface area contributed by atoms with Crippen molar-refractivity contribution in [1.82, 2.24) is 5.06 Å². The zero-order valence-electron chi connectivity index (χ0n) is 10.1. The fourth-order valence-electron chi connectivity index (χ4n) is 2.51. The van der Waals surface area contributed by atoms with E-state index in [0.29, 0.717) is 6.61 Å². The Morgan fingerprint density at radius 1 is 1.27 bits per heavy atom. The van der Waals surface area contributed by atoms with Crippen LogP contribution >= 0.6 is 0 Å². The van der Waals surface area contributed by atoms with E-state index in [0.717, 1.165) is 12.8 Å². The topological polar surface area (TPSA) is 52.6 Å². The Bertz CT molecular complexity index is 198. The third kappa shape index (κ3) is 2.91. The Labute approximate surface area is 91.8 Å². The van der Waals surface area contributed by atoms with Gasteiger partial charge < -0.3 is 9.84 Å². The molecule has 0 unspecified atom stereocenters. The third-order valence-corrected chi connectivity index (χ3v) is 3.00. The first-order valence-electron chi connectivity index (χ1n) is 5.49. The maximum absolute atomic E-state index is 12.0. The largest absolute Gasteiger partial charge is 0.394 e. The minimum absolute atomic E-state index is 0.0401. The van der Waals surface area contributed by atoms with Gasteiger partial charge in [0, 0.05) is 11.1 Å². The van der Waals surface area contributed by atoms with Gasteiger partial charge in [-0.05, 0) is 40.5 Å². The van der Waals surface area contributed by atoms with Gasteiger partial charge in [0.25, 0.3) is 0 Å². The minimum Gasteiger partial charge on any atom is -0.394 e. The fourth-order valence-corrected chi connectivity index (χ4v) is 2.51. The second-order valence-corrected chi connectivity index (χ2v) is 5.54. The van der Waals surface area contributed by atoms with Crippen LogP contribution in [0.25, 0.3) is 0 Å². The minimum atomic E-state index is -0.387. The molecule has 0 bridgehead atoms. The van der Waals surface area contributed by atoms with Crippen LogP contribution in [0.15, 0.2) is 0 Å². The molecule has 0 aliphatic carbocycles. The van der Waals surface area contributed by atoms with E-state index in [4.69, 9.17) is 9.84 Å². The normalized spacial score (nSPS) is 26.8. The van der Waals surface area contributed by atoms with Crippen LogP contribution in [0.1, 0.15) is 40.5 Å². The lowest BCUT2D eigenvalue weighted by molar-refractivity contribution is -0.301. The second-order valence-electron chi connectivity index (χ2n) is 5.54. The van der Waals surface area contributed by atoms with E-state index in [1.54, 1.807) is 0 Å². The highest BCUT2D eigenvalue weighted by Crippen LogP contribution is 2.38. The zero-order chi connectivity index (χ0) is 11.7. The van der Waals surface area contributed by atoms with E-state index in [2.05, 4.69) is 0 Å². The molecule has 1 fully saturated rings. The monoisotopic (exact) mass is 216 g/mol. The zero-order valence-corrected chi connectivity index (χ0v) is 10.1. The van der Waals surface area contributed by atoms with Crippen LogP contribution < -0.4 is 0 Å². The molecule has 15 heavy (non-hydrogen) atoms. The van der Waals surface area contributed by atoms with Crippen LogP contribution in [-0.4, -0.2) is 40.6 Å². The Hall–Kier alpha value is -0.160. The maximum atomic E-state index is 12.0. The molecule has 1 rings (SSSR count). The van der Waals surface area contributed by atoms with Crippen molar-refractivity contribution >= 4 is 0 Å². The number of hydrogen-bond acceptors (Lipinski definition) is 3. The first-order valence-corrected chi connectivity index (χ1v) is 5.49. The summed E-state index contributed by atoms with van der Waals surface area (Å²) < 4.78 is 5.54. The van der Waals surface area contributed by atoms with Crippen LogP contribution in [0, 0.1) is 0 Å². The molecule has 0 aromatic heterocycles. The molecule has 0 saturated carbocycles. The molecule has 0 spiro atoms. The highest BCUT2D eigenvalue weighted by atomic mass is 16.5. The van der Waals surface area contributed by atoms with Crippen LogP contribution in [0.2, 0.25) is 0 Å². The molecule has 0 aromatic carbocycles. The van der Waals surface area contributed by atoms with E-state index < -0.39 is 0 Å². The first kappa shape index (κ1) is 12.9. The van der Waals surface area contributed by atoms with E-state index >= 15 is 0 Å². The maximum Gasteiger partial charge on any atom is 0.0701 e. The molecule has 1 heterocycles. The van der Waals surface area contributed by atoms with Gasteiger partial charge in [-0.15, -0.1) is 10.3 Å². The highest BCUT2D eigenvalue weighted by Gasteiger charge is 2.46. The SMILES string of the molecule is CC1(C)CC(OCCO)CC(C)(C)N1[O]. The summed E-state index contributed by atoms with van der Waals surface area (Å²) in [5, 5.41) is 21.9. The molecule has 1 radical (unpaired) electrons. The summed E-state index contributed by atoms with van der Waals surface area (Å²) in [6.45, 7) is 8.16. The molecular weight excluding hydrogens is 194 g/mol. The molecule has 0 amide bonds. The number of rotatable bonds is 3. The van der Waals surface area contributed by atoms with Gasteiger partial charge in [0.1, 0.15) is 0 Å². The van der Waals surface area contributed by atoms with Crippen molar-refractivity contribution < 1.29 is 15.1 Å². The lowest BCUT2D eigenvalue weighted by Crippen LogP contribution is -2.59. The number of hydrogen-bond donors (Lipinski definition) is 1. The number of hydroxylamine groups is 2. The quantitative estimate of drug-likeness (QED) is 0.775. The molecule has 4 heteroatoms. The molecule has 1 aliphatic rings. The van der Waals surface area contributed by atoms with Gasteiger partial charge in [-0.2, -0.15) is 0 Å². The van der Waals surface area contributed by atoms with Crippen molar-refractivity contribution in [3.05, 3.63) is 0 Å². The number of ether oxygens (including phenoxy) is 1. The van der Waals surface area contributed by atoms with Crippen molar-refractivity contribution in [2.24, 2.45) is 0 Å². The molecule has 4 nitrogen and oxygen atoms in total. The summed E-state index contributed by atoms with van der Waals surface area (Å²) >= 11 is 0. The molecule has 1 N–H and O–H groups in total. The van der Waals surface area contributed by atoms with E-state index in [1.807, 2.05) is 27.7 Å². The van der Waals surface area contributed by atoms with Crippen LogP contribution in [0.3, 0.4) is 0 Å². The molecule has 0 aromatic rings. The predicted molar refractivity (Wildman–Crippen MR) is 56.7 cm³/mol. The Balaban J connectivity index is 2.66. The summed E-state index contributed by atoms with van der Waals surface area (Å²) in [6, 6.07) is 0. The molecule has 1 saturated heterocycles. The summed E-state index contributed by atoms with van der Waals surface area (Å²) in [7, 11) is 0. The van der Waals surface area contributed by atoms with Gasteiger partial charge in [-0.25, -0.2) is 0 Å². The second kappa shape index (κ2) is 4.37. The predicted octanol–water partition coefficient (Wildman–Crippen LogP) is 1.36. The highest BCUT2D eigenvalue weighted by molar-refractivity contribution is 4.96. The van der Waals surface area contributed by atoms with Gasteiger partial charge in [0.05, 0.1) is 19.3 Å². The lowest BCUT2D eigenvalue weighted by Gasteiger charge is -2.49. The van der Waals surface area contributed by atoms with Crippen molar-refractivity contribution in [1.29, 1.82) is 0 Å². The van der Waals surface area contributed by atoms with Gasteiger partial charge in [-0.1, -0.05) is 0 Å². The average molecular weight is 216 g/mol.